The molecule has 0 spiro atoms. The predicted molar refractivity (Wildman–Crippen MR) is 132 cm³/mol. The van der Waals surface area contributed by atoms with Crippen LogP contribution in [-0.4, -0.2) is 60.2 Å². The number of halogens is 1. The minimum absolute atomic E-state index is 0.246. The van der Waals surface area contributed by atoms with Gasteiger partial charge in [0.15, 0.2) is 17.3 Å². The van der Waals surface area contributed by atoms with E-state index in [2.05, 4.69) is 47.5 Å². The summed E-state index contributed by atoms with van der Waals surface area (Å²) in [4.78, 5) is 24.1. The zero-order valence-corrected chi connectivity index (χ0v) is 19.7. The Hall–Kier alpha value is -4.45. The molecule has 0 amide bonds. The number of piperazine rings is 1. The van der Waals surface area contributed by atoms with E-state index >= 15 is 4.39 Å². The Balaban J connectivity index is 1.30. The highest BCUT2D eigenvalue weighted by Crippen LogP contribution is 2.33. The Bertz CT molecular complexity index is 1570. The molecule has 1 aliphatic heterocycles. The van der Waals surface area contributed by atoms with E-state index in [1.165, 1.54) is 12.7 Å². The molecule has 6 rings (SSSR count). The SMILES string of the molecule is Cc1c(Oc2ccn3ncnc3c2)ccc(Nc2ncnc3cnc(N4CCNC[C@@H]4C)nc23)c1F. The van der Waals surface area contributed by atoms with E-state index in [0.29, 0.717) is 45.5 Å². The number of hydrogen-bond donors (Lipinski definition) is 2. The summed E-state index contributed by atoms with van der Waals surface area (Å²) in [6.07, 6.45) is 6.27. The highest BCUT2D eigenvalue weighted by molar-refractivity contribution is 5.87. The van der Waals surface area contributed by atoms with Gasteiger partial charge in [-0.2, -0.15) is 5.10 Å². The van der Waals surface area contributed by atoms with Gasteiger partial charge >= 0.3 is 0 Å². The van der Waals surface area contributed by atoms with Crippen molar-refractivity contribution in [1.29, 1.82) is 0 Å². The fraction of sp³-hybridized carbons (Fsp3) is 0.250. The van der Waals surface area contributed by atoms with Crippen molar-refractivity contribution >= 4 is 34.1 Å². The average Bonchev–Trinajstić information content (AvgIpc) is 3.37. The van der Waals surface area contributed by atoms with E-state index in [9.17, 15) is 0 Å². The summed E-state index contributed by atoms with van der Waals surface area (Å²) in [6, 6.07) is 7.05. The lowest BCUT2D eigenvalue weighted by atomic mass is 10.1. The minimum atomic E-state index is -0.451. The lowest BCUT2D eigenvalue weighted by Crippen LogP contribution is -2.50. The van der Waals surface area contributed by atoms with Gasteiger partial charge in [0.1, 0.15) is 35.2 Å². The van der Waals surface area contributed by atoms with Crippen molar-refractivity contribution < 1.29 is 9.13 Å². The van der Waals surface area contributed by atoms with Crippen molar-refractivity contribution in [3.05, 3.63) is 60.7 Å². The number of aromatic nitrogens is 7. The summed E-state index contributed by atoms with van der Waals surface area (Å²) in [7, 11) is 0. The molecule has 4 aromatic heterocycles. The molecule has 1 fully saturated rings. The molecule has 1 aromatic carbocycles. The summed E-state index contributed by atoms with van der Waals surface area (Å²) < 4.78 is 23.0. The number of fused-ring (bicyclic) bond motifs is 2. The second kappa shape index (κ2) is 8.96. The topological polar surface area (TPSA) is 118 Å². The lowest BCUT2D eigenvalue weighted by molar-refractivity contribution is 0.471. The van der Waals surface area contributed by atoms with Crippen molar-refractivity contribution in [2.24, 2.45) is 0 Å². The van der Waals surface area contributed by atoms with Crippen LogP contribution in [0.15, 0.2) is 49.3 Å². The zero-order chi connectivity index (χ0) is 24.6. The molecule has 0 unspecified atom stereocenters. The first-order chi connectivity index (χ1) is 17.6. The van der Waals surface area contributed by atoms with Gasteiger partial charge in [-0.3, -0.25) is 0 Å². The molecule has 1 atom stereocenters. The van der Waals surface area contributed by atoms with Gasteiger partial charge in [-0.1, -0.05) is 0 Å². The predicted octanol–water partition coefficient (Wildman–Crippen LogP) is 3.24. The van der Waals surface area contributed by atoms with Crippen LogP contribution >= 0.6 is 0 Å². The number of pyridine rings is 1. The standard InChI is InChI=1S/C24H23FN10O/c1-14-10-26-6-8-34(14)24-27-11-18-22(33-24)23(30-12-28-18)32-17-3-4-19(15(2)21(17)25)36-16-5-7-35-20(9-16)29-13-31-35/h3-5,7,9,11-14,26H,6,8,10H2,1-2H3,(H,28,30,32)/t14-/m0/s1. The molecule has 11 nitrogen and oxygen atoms in total. The van der Waals surface area contributed by atoms with Gasteiger partial charge < -0.3 is 20.3 Å². The third-order valence-electron chi connectivity index (χ3n) is 6.19. The van der Waals surface area contributed by atoms with Crippen LogP contribution in [-0.2, 0) is 0 Å². The Morgan fingerprint density at radius 2 is 2.06 bits per heavy atom. The van der Waals surface area contributed by atoms with Crippen LogP contribution < -0.4 is 20.3 Å². The molecule has 5 aromatic rings. The van der Waals surface area contributed by atoms with Crippen LogP contribution in [0.4, 0.5) is 21.8 Å². The fourth-order valence-corrected chi connectivity index (χ4v) is 4.20. The zero-order valence-electron chi connectivity index (χ0n) is 19.7. The summed E-state index contributed by atoms with van der Waals surface area (Å²) in [5, 5.41) is 10.5. The number of nitrogens with zero attached hydrogens (tertiary/aromatic N) is 8. The van der Waals surface area contributed by atoms with Crippen LogP contribution in [0.1, 0.15) is 12.5 Å². The first-order valence-electron chi connectivity index (χ1n) is 11.6. The van der Waals surface area contributed by atoms with Gasteiger partial charge in [-0.15, -0.1) is 0 Å². The summed E-state index contributed by atoms with van der Waals surface area (Å²) >= 11 is 0. The molecule has 1 saturated heterocycles. The Labute approximate surface area is 205 Å². The fourth-order valence-electron chi connectivity index (χ4n) is 4.20. The Kier molecular flexibility index (Phi) is 5.49. The van der Waals surface area contributed by atoms with Crippen molar-refractivity contribution in [3.8, 4) is 11.5 Å². The molecule has 36 heavy (non-hydrogen) atoms. The highest BCUT2D eigenvalue weighted by Gasteiger charge is 2.22. The van der Waals surface area contributed by atoms with Gasteiger partial charge in [-0.25, -0.2) is 33.8 Å². The molecular weight excluding hydrogens is 463 g/mol. The van der Waals surface area contributed by atoms with E-state index in [4.69, 9.17) is 9.72 Å². The van der Waals surface area contributed by atoms with Gasteiger partial charge in [0.25, 0.3) is 0 Å². The van der Waals surface area contributed by atoms with Crippen LogP contribution in [0.25, 0.3) is 16.7 Å². The van der Waals surface area contributed by atoms with Gasteiger partial charge in [0.2, 0.25) is 5.95 Å². The van der Waals surface area contributed by atoms with Crippen LogP contribution in [0.2, 0.25) is 0 Å². The maximum Gasteiger partial charge on any atom is 0.226 e. The second-order valence-electron chi connectivity index (χ2n) is 8.58. The second-order valence-corrected chi connectivity index (χ2v) is 8.58. The summed E-state index contributed by atoms with van der Waals surface area (Å²) in [6.45, 7) is 6.28. The number of nitrogens with one attached hydrogen (secondary N) is 2. The average molecular weight is 487 g/mol. The Morgan fingerprint density at radius 1 is 1.14 bits per heavy atom. The molecule has 0 bridgehead atoms. The smallest absolute Gasteiger partial charge is 0.226 e. The molecule has 1 aliphatic rings. The number of rotatable bonds is 5. The van der Waals surface area contributed by atoms with E-state index in [1.54, 1.807) is 48.1 Å². The molecule has 0 saturated carbocycles. The quantitative estimate of drug-likeness (QED) is 0.383. The van der Waals surface area contributed by atoms with Gasteiger partial charge in [0.05, 0.1) is 11.9 Å². The lowest BCUT2D eigenvalue weighted by Gasteiger charge is -2.33. The third-order valence-corrected chi connectivity index (χ3v) is 6.19. The Morgan fingerprint density at radius 3 is 2.94 bits per heavy atom. The van der Waals surface area contributed by atoms with Crippen LogP contribution in [0.3, 0.4) is 0 Å². The van der Waals surface area contributed by atoms with Crippen molar-refractivity contribution in [1.82, 2.24) is 39.9 Å². The first kappa shape index (κ1) is 22.0. The van der Waals surface area contributed by atoms with Crippen molar-refractivity contribution in [2.75, 3.05) is 29.9 Å². The van der Waals surface area contributed by atoms with Crippen LogP contribution in [0, 0.1) is 12.7 Å². The number of ether oxygens (including phenoxy) is 1. The molecule has 5 heterocycles. The normalized spacial score (nSPS) is 16.0. The number of anilines is 3. The molecule has 0 aliphatic carbocycles. The van der Waals surface area contributed by atoms with Gasteiger partial charge in [-0.05, 0) is 32.0 Å². The maximum absolute atomic E-state index is 15.4. The summed E-state index contributed by atoms with van der Waals surface area (Å²) in [5.41, 5.74) is 2.33. The molecule has 0 radical (unpaired) electrons. The first-order valence-corrected chi connectivity index (χ1v) is 11.6. The highest BCUT2D eigenvalue weighted by atomic mass is 19.1. The molecule has 12 heteroatoms. The molecule has 182 valence electrons. The van der Waals surface area contributed by atoms with Gasteiger partial charge in [0, 0.05) is 43.5 Å². The van der Waals surface area contributed by atoms with Crippen molar-refractivity contribution in [2.45, 2.75) is 19.9 Å². The summed E-state index contributed by atoms with van der Waals surface area (Å²) in [5.74, 6) is 1.47. The number of hydrogen-bond acceptors (Lipinski definition) is 10. The third kappa shape index (κ3) is 4.01. The van der Waals surface area contributed by atoms with E-state index in [0.717, 1.165) is 19.6 Å². The maximum atomic E-state index is 15.4. The molecular formula is C24H23FN10O. The van der Waals surface area contributed by atoms with E-state index in [1.807, 2.05) is 0 Å². The largest absolute Gasteiger partial charge is 0.457 e. The number of benzene rings is 1. The molecule has 2 N–H and O–H groups in total. The monoisotopic (exact) mass is 486 g/mol. The van der Waals surface area contributed by atoms with Crippen LogP contribution in [0.5, 0.6) is 11.5 Å². The minimum Gasteiger partial charge on any atom is -0.457 e. The van der Waals surface area contributed by atoms with E-state index in [-0.39, 0.29) is 11.7 Å². The van der Waals surface area contributed by atoms with Crippen molar-refractivity contribution in [3.63, 3.8) is 0 Å². The van der Waals surface area contributed by atoms with E-state index < -0.39 is 5.82 Å².